The second kappa shape index (κ2) is 5.90. The van der Waals surface area contributed by atoms with Gasteiger partial charge in [-0.1, -0.05) is 6.42 Å². The van der Waals surface area contributed by atoms with Crippen LogP contribution in [0.5, 0.6) is 0 Å². The summed E-state index contributed by atoms with van der Waals surface area (Å²) in [5, 5.41) is 0. The molecule has 4 bridgehead atoms. The first-order valence-electron chi connectivity index (χ1n) is 9.25. The van der Waals surface area contributed by atoms with Gasteiger partial charge in [0, 0.05) is 0 Å². The van der Waals surface area contributed by atoms with Gasteiger partial charge in [0.1, 0.15) is 12.5 Å². The second-order valence-corrected chi connectivity index (χ2v) is 8.27. The Morgan fingerprint density at radius 3 is 2.05 bits per heavy atom. The van der Waals surface area contributed by atoms with Crippen molar-refractivity contribution in [2.45, 2.75) is 76.7 Å². The number of rotatable bonds is 4. The molecule has 5 aliphatic rings. The van der Waals surface area contributed by atoms with Gasteiger partial charge in [0.25, 0.3) is 0 Å². The largest absolute Gasteiger partial charge is 0.495 e. The summed E-state index contributed by atoms with van der Waals surface area (Å²) >= 11 is 0. The molecule has 5 fully saturated rings. The van der Waals surface area contributed by atoms with Crippen molar-refractivity contribution in [3.63, 3.8) is 0 Å². The van der Waals surface area contributed by atoms with Crippen LogP contribution in [0.3, 0.4) is 0 Å². The first-order valence-corrected chi connectivity index (χ1v) is 9.25. The van der Waals surface area contributed by atoms with Crippen LogP contribution in [0, 0.1) is 23.2 Å². The van der Waals surface area contributed by atoms with Crippen LogP contribution in [-0.4, -0.2) is 12.1 Å². The number of carbonyl (C=O) groups excluding carboxylic acids is 1. The van der Waals surface area contributed by atoms with Gasteiger partial charge in [-0.15, -0.1) is 0 Å². The Hall–Kier alpha value is -0.990. The summed E-state index contributed by atoms with van der Waals surface area (Å²) in [5.74, 6) is 2.35. The molecule has 0 N–H and O–H groups in total. The average molecular weight is 304 g/mol. The van der Waals surface area contributed by atoms with Crippen LogP contribution in [0.15, 0.2) is 12.5 Å². The first-order chi connectivity index (χ1) is 10.7. The van der Waals surface area contributed by atoms with E-state index >= 15 is 0 Å². The standard InChI is InChI=1S/C19H28O3/c20-18(22-7-6-21-17-4-2-1-3-5-17)19-11-14-8-15(12-19)10-16(9-14)13-19/h6-7,14-17H,1-5,8-13H2. The van der Waals surface area contributed by atoms with E-state index in [9.17, 15) is 4.79 Å². The Morgan fingerprint density at radius 2 is 1.45 bits per heavy atom. The molecule has 0 atom stereocenters. The highest BCUT2D eigenvalue weighted by molar-refractivity contribution is 5.78. The summed E-state index contributed by atoms with van der Waals surface area (Å²) in [6.45, 7) is 0. The van der Waals surface area contributed by atoms with Crippen LogP contribution in [0.1, 0.15) is 70.6 Å². The Kier molecular flexibility index (Phi) is 3.91. The van der Waals surface area contributed by atoms with Crippen LogP contribution in [0.25, 0.3) is 0 Å². The first kappa shape index (κ1) is 14.6. The van der Waals surface area contributed by atoms with Gasteiger partial charge in [0.2, 0.25) is 0 Å². The number of ether oxygens (including phenoxy) is 2. The molecule has 3 nitrogen and oxygen atoms in total. The molecule has 122 valence electrons. The maximum Gasteiger partial charge on any atom is 0.317 e. The van der Waals surface area contributed by atoms with E-state index in [-0.39, 0.29) is 11.4 Å². The van der Waals surface area contributed by atoms with Crippen molar-refractivity contribution >= 4 is 5.97 Å². The molecule has 0 aromatic rings. The Labute approximate surface area is 133 Å². The minimum absolute atomic E-state index is 0.00935. The van der Waals surface area contributed by atoms with Gasteiger partial charge in [-0.05, 0) is 82.0 Å². The summed E-state index contributed by atoms with van der Waals surface area (Å²) in [4.78, 5) is 12.6. The molecule has 22 heavy (non-hydrogen) atoms. The molecule has 5 rings (SSSR count). The van der Waals surface area contributed by atoms with Crippen LogP contribution >= 0.6 is 0 Å². The minimum Gasteiger partial charge on any atom is -0.495 e. The number of hydrogen-bond acceptors (Lipinski definition) is 3. The zero-order valence-electron chi connectivity index (χ0n) is 13.5. The molecule has 0 radical (unpaired) electrons. The normalized spacial score (nSPS) is 41.0. The number of hydrogen-bond donors (Lipinski definition) is 0. The van der Waals surface area contributed by atoms with Crippen LogP contribution < -0.4 is 0 Å². The molecule has 0 saturated heterocycles. The zero-order valence-corrected chi connectivity index (χ0v) is 13.5. The summed E-state index contributed by atoms with van der Waals surface area (Å²) in [5.41, 5.74) is -0.163. The summed E-state index contributed by atoms with van der Waals surface area (Å²) in [7, 11) is 0. The fourth-order valence-corrected chi connectivity index (χ4v) is 5.92. The van der Waals surface area contributed by atoms with Crippen LogP contribution in [0.2, 0.25) is 0 Å². The van der Waals surface area contributed by atoms with Gasteiger partial charge in [-0.3, -0.25) is 4.79 Å². The van der Waals surface area contributed by atoms with Gasteiger partial charge < -0.3 is 9.47 Å². The van der Waals surface area contributed by atoms with Crippen LogP contribution in [-0.2, 0) is 14.3 Å². The van der Waals surface area contributed by atoms with E-state index in [1.165, 1.54) is 44.8 Å². The van der Waals surface area contributed by atoms with E-state index in [2.05, 4.69) is 0 Å². The van der Waals surface area contributed by atoms with Crippen molar-refractivity contribution in [3.8, 4) is 0 Å². The highest BCUT2D eigenvalue weighted by Crippen LogP contribution is 2.60. The van der Waals surface area contributed by atoms with Gasteiger partial charge in [0.15, 0.2) is 0 Å². The fraction of sp³-hybridized carbons (Fsp3) is 0.842. The average Bonchev–Trinajstić information content (AvgIpc) is 2.51. The quantitative estimate of drug-likeness (QED) is 0.564. The van der Waals surface area contributed by atoms with E-state index in [1.54, 1.807) is 6.26 Å². The third-order valence-electron chi connectivity index (χ3n) is 6.53. The molecule has 0 amide bonds. The lowest BCUT2D eigenvalue weighted by atomic mass is 9.49. The monoisotopic (exact) mass is 304 g/mol. The smallest absolute Gasteiger partial charge is 0.317 e. The predicted molar refractivity (Wildman–Crippen MR) is 83.8 cm³/mol. The third kappa shape index (κ3) is 2.79. The lowest BCUT2D eigenvalue weighted by Crippen LogP contribution is -2.50. The van der Waals surface area contributed by atoms with E-state index in [0.29, 0.717) is 6.10 Å². The topological polar surface area (TPSA) is 35.5 Å². The third-order valence-corrected chi connectivity index (χ3v) is 6.53. The fourth-order valence-electron chi connectivity index (χ4n) is 5.92. The highest BCUT2D eigenvalue weighted by Gasteiger charge is 2.55. The maximum absolute atomic E-state index is 12.6. The van der Waals surface area contributed by atoms with E-state index in [0.717, 1.165) is 49.9 Å². The molecular weight excluding hydrogens is 276 g/mol. The molecule has 0 aromatic carbocycles. The molecule has 3 heteroatoms. The maximum atomic E-state index is 12.6. The van der Waals surface area contributed by atoms with Gasteiger partial charge in [0.05, 0.1) is 11.5 Å². The van der Waals surface area contributed by atoms with Crippen molar-refractivity contribution in [1.82, 2.24) is 0 Å². The molecule has 0 spiro atoms. The zero-order chi connectivity index (χ0) is 15.0. The lowest BCUT2D eigenvalue weighted by molar-refractivity contribution is -0.165. The highest BCUT2D eigenvalue weighted by atomic mass is 16.5. The van der Waals surface area contributed by atoms with Gasteiger partial charge in [-0.25, -0.2) is 0 Å². The molecule has 5 saturated carbocycles. The molecule has 0 heterocycles. The molecule has 5 aliphatic carbocycles. The van der Waals surface area contributed by atoms with Crippen molar-refractivity contribution < 1.29 is 14.3 Å². The SMILES string of the molecule is O=C(OC=COC1CCCCC1)C12CC3CC(CC(C3)C1)C2. The predicted octanol–water partition coefficient (Wildman–Crippen LogP) is 4.57. The van der Waals surface area contributed by atoms with Crippen LogP contribution in [0.4, 0.5) is 0 Å². The molecule has 0 unspecified atom stereocenters. The molecule has 0 aromatic heterocycles. The summed E-state index contributed by atoms with van der Waals surface area (Å²) in [6, 6.07) is 0. The van der Waals surface area contributed by atoms with E-state index in [1.807, 2.05) is 0 Å². The number of esters is 1. The van der Waals surface area contributed by atoms with Crippen molar-refractivity contribution in [2.24, 2.45) is 23.2 Å². The van der Waals surface area contributed by atoms with Crippen molar-refractivity contribution in [3.05, 3.63) is 12.5 Å². The summed E-state index contributed by atoms with van der Waals surface area (Å²) in [6.07, 6.45) is 16.8. The Morgan fingerprint density at radius 1 is 0.864 bits per heavy atom. The lowest BCUT2D eigenvalue weighted by Gasteiger charge is -2.54. The summed E-state index contributed by atoms with van der Waals surface area (Å²) < 4.78 is 11.2. The number of carbonyl (C=O) groups is 1. The van der Waals surface area contributed by atoms with Crippen molar-refractivity contribution in [2.75, 3.05) is 0 Å². The Bertz CT molecular complexity index is 412. The molecule has 0 aliphatic heterocycles. The van der Waals surface area contributed by atoms with Gasteiger partial charge in [-0.2, -0.15) is 0 Å². The van der Waals surface area contributed by atoms with E-state index in [4.69, 9.17) is 9.47 Å². The van der Waals surface area contributed by atoms with Gasteiger partial charge >= 0.3 is 5.97 Å². The van der Waals surface area contributed by atoms with E-state index < -0.39 is 0 Å². The Balaban J connectivity index is 1.30. The molecular formula is C19H28O3. The second-order valence-electron chi connectivity index (χ2n) is 8.27. The van der Waals surface area contributed by atoms with Crippen molar-refractivity contribution in [1.29, 1.82) is 0 Å². The minimum atomic E-state index is -0.163.